The van der Waals surface area contributed by atoms with Crippen LogP contribution >= 0.6 is 0 Å². The molecule has 0 unspecified atom stereocenters. The van der Waals surface area contributed by atoms with Crippen LogP contribution in [0.3, 0.4) is 0 Å². The van der Waals surface area contributed by atoms with Crippen molar-refractivity contribution >= 4 is 11.9 Å². The fourth-order valence-corrected chi connectivity index (χ4v) is 5.36. The first-order chi connectivity index (χ1) is 21.2. The molecule has 8 heteroatoms. The maximum absolute atomic E-state index is 11.8. The monoisotopic (exact) mass is 606 g/mol. The van der Waals surface area contributed by atoms with E-state index in [1.807, 2.05) is 12.1 Å². The molecule has 1 aliphatic carbocycles. The van der Waals surface area contributed by atoms with Gasteiger partial charge in [-0.1, -0.05) is 43.5 Å². The van der Waals surface area contributed by atoms with Gasteiger partial charge in [-0.3, -0.25) is 0 Å². The molecule has 0 radical (unpaired) electrons. The third kappa shape index (κ3) is 10.7. The molecule has 0 amide bonds. The van der Waals surface area contributed by atoms with Crippen LogP contribution in [0.2, 0.25) is 0 Å². The molecule has 0 aromatic heterocycles. The van der Waals surface area contributed by atoms with E-state index in [1.54, 1.807) is 6.07 Å². The van der Waals surface area contributed by atoms with Crippen molar-refractivity contribution in [1.82, 2.24) is 0 Å². The van der Waals surface area contributed by atoms with E-state index in [1.165, 1.54) is 44.1 Å². The Morgan fingerprint density at radius 1 is 0.841 bits per heavy atom. The summed E-state index contributed by atoms with van der Waals surface area (Å²) in [6.07, 6.45) is 11.8. The zero-order valence-electron chi connectivity index (χ0n) is 26.0. The van der Waals surface area contributed by atoms with Gasteiger partial charge in [-0.15, -0.1) is 0 Å². The maximum atomic E-state index is 11.8. The van der Waals surface area contributed by atoms with Gasteiger partial charge in [0.1, 0.15) is 37.9 Å². The summed E-state index contributed by atoms with van der Waals surface area (Å²) in [6.45, 7) is 10.3. The molecule has 1 fully saturated rings. The van der Waals surface area contributed by atoms with Gasteiger partial charge in [0.25, 0.3) is 0 Å². The van der Waals surface area contributed by atoms with Crippen molar-refractivity contribution in [1.29, 1.82) is 0 Å². The minimum atomic E-state index is -0.676. The summed E-state index contributed by atoms with van der Waals surface area (Å²) < 4.78 is 21.9. The fraction of sp³-hybridized carbons (Fsp3) is 0.444. The van der Waals surface area contributed by atoms with Gasteiger partial charge in [0.15, 0.2) is 0 Å². The molecule has 0 heterocycles. The number of carbonyl (C=O) groups is 2. The lowest BCUT2D eigenvalue weighted by Crippen LogP contribution is -2.15. The predicted octanol–water partition coefficient (Wildman–Crippen LogP) is 6.23. The number of esters is 2. The summed E-state index contributed by atoms with van der Waals surface area (Å²) in [5.74, 6) is 1.07. The van der Waals surface area contributed by atoms with E-state index in [2.05, 4.69) is 57.4 Å². The van der Waals surface area contributed by atoms with E-state index < -0.39 is 25.2 Å². The number of carbonyl (C=O) groups excluding carboxylic acids is 2. The van der Waals surface area contributed by atoms with Crippen LogP contribution in [0.4, 0.5) is 0 Å². The van der Waals surface area contributed by atoms with Gasteiger partial charge >= 0.3 is 11.9 Å². The van der Waals surface area contributed by atoms with E-state index in [9.17, 15) is 9.59 Å². The largest absolute Gasteiger partial charge is 0.490 e. The van der Waals surface area contributed by atoms with E-state index in [0.29, 0.717) is 17.4 Å². The van der Waals surface area contributed by atoms with Crippen molar-refractivity contribution in [2.75, 3.05) is 39.6 Å². The summed E-state index contributed by atoms with van der Waals surface area (Å²) in [6, 6.07) is 12.2. The minimum Gasteiger partial charge on any atom is -0.490 e. The minimum absolute atomic E-state index is 0.0196. The zero-order valence-corrected chi connectivity index (χ0v) is 26.0. The number of hydrogen-bond donors (Lipinski definition) is 2. The second-order valence-electron chi connectivity index (χ2n) is 11.1. The molecular formula is C36H46O8. The Hall–Kier alpha value is -3.88. The average molecular weight is 607 g/mol. The molecule has 3 rings (SSSR count). The van der Waals surface area contributed by atoms with Gasteiger partial charge in [0.05, 0.1) is 24.4 Å². The van der Waals surface area contributed by atoms with E-state index in [0.717, 1.165) is 22.6 Å². The number of rotatable bonds is 17. The number of aliphatic hydroxyl groups excluding tert-OH is 2. The third-order valence-corrected chi connectivity index (χ3v) is 7.87. The van der Waals surface area contributed by atoms with Crippen molar-refractivity contribution in [3.05, 3.63) is 84.0 Å². The number of allylic oxidation sites excluding steroid dienone is 2. The zero-order chi connectivity index (χ0) is 31.9. The van der Waals surface area contributed by atoms with Crippen LogP contribution in [-0.4, -0.2) is 61.8 Å². The van der Waals surface area contributed by atoms with Crippen molar-refractivity contribution in [2.24, 2.45) is 5.92 Å². The Morgan fingerprint density at radius 3 is 1.91 bits per heavy atom. The molecule has 0 atom stereocenters. The van der Waals surface area contributed by atoms with Gasteiger partial charge in [-0.2, -0.15) is 0 Å². The van der Waals surface area contributed by atoms with Crippen molar-refractivity contribution in [3.63, 3.8) is 0 Å². The summed E-state index contributed by atoms with van der Waals surface area (Å²) in [7, 11) is 0. The van der Waals surface area contributed by atoms with Gasteiger partial charge in [-0.05, 0) is 98.6 Å². The van der Waals surface area contributed by atoms with Crippen LogP contribution in [0, 0.1) is 12.8 Å². The number of ether oxygens (including phenoxy) is 4. The standard InChI is InChI=1S/C36H46O8/c1-5-6-7-8-28-9-11-29(12-10-28)30-13-14-34(25(2)19-30)31-20-32(41-15-17-43-35(39)26(3)23-37)22-33(21-31)42-16-18-44-36(40)27(4)24-38/h5-6,13-14,19-22,28-29,37-38H,3-4,7-12,15-18,23-24H2,1-2H3/b6-5+. The summed E-state index contributed by atoms with van der Waals surface area (Å²) >= 11 is 0. The normalized spacial score (nSPS) is 16.4. The number of aliphatic hydroxyl groups is 2. The molecule has 1 saturated carbocycles. The fourth-order valence-electron chi connectivity index (χ4n) is 5.36. The quantitative estimate of drug-likeness (QED) is 0.0943. The Bertz CT molecular complexity index is 1250. The molecule has 44 heavy (non-hydrogen) atoms. The smallest absolute Gasteiger partial charge is 0.335 e. The Morgan fingerprint density at radius 2 is 1.41 bits per heavy atom. The highest BCUT2D eigenvalue weighted by molar-refractivity contribution is 5.88. The molecular weight excluding hydrogens is 560 g/mol. The number of aryl methyl sites for hydroxylation is 1. The predicted molar refractivity (Wildman–Crippen MR) is 171 cm³/mol. The average Bonchev–Trinajstić information content (AvgIpc) is 3.04. The highest BCUT2D eigenvalue weighted by Crippen LogP contribution is 2.39. The molecule has 2 aromatic rings. The van der Waals surface area contributed by atoms with Crippen LogP contribution < -0.4 is 9.47 Å². The first-order valence-electron chi connectivity index (χ1n) is 15.3. The lowest BCUT2D eigenvalue weighted by Gasteiger charge is -2.29. The maximum Gasteiger partial charge on any atom is 0.335 e. The lowest BCUT2D eigenvalue weighted by molar-refractivity contribution is -0.141. The van der Waals surface area contributed by atoms with Gasteiger partial charge in [0.2, 0.25) is 0 Å². The Labute approximate surface area is 261 Å². The second-order valence-corrected chi connectivity index (χ2v) is 11.1. The lowest BCUT2D eigenvalue weighted by atomic mass is 9.76. The third-order valence-electron chi connectivity index (χ3n) is 7.87. The number of benzene rings is 2. The summed E-state index contributed by atoms with van der Waals surface area (Å²) in [5, 5.41) is 18.1. The van der Waals surface area contributed by atoms with Gasteiger partial charge < -0.3 is 29.2 Å². The molecule has 8 nitrogen and oxygen atoms in total. The van der Waals surface area contributed by atoms with Crippen molar-refractivity contribution < 1.29 is 38.7 Å². The van der Waals surface area contributed by atoms with Crippen LogP contribution in [0.25, 0.3) is 11.1 Å². The van der Waals surface area contributed by atoms with E-state index in [4.69, 9.17) is 29.2 Å². The van der Waals surface area contributed by atoms with Gasteiger partial charge in [0, 0.05) is 6.07 Å². The van der Waals surface area contributed by atoms with Crippen molar-refractivity contribution in [3.8, 4) is 22.6 Å². The molecule has 238 valence electrons. The molecule has 1 aliphatic rings. The molecule has 0 bridgehead atoms. The van der Waals surface area contributed by atoms with Crippen molar-refractivity contribution in [2.45, 2.75) is 58.3 Å². The first kappa shape index (κ1) is 34.6. The Kier molecular flexibility index (Phi) is 14.2. The molecule has 2 aromatic carbocycles. The molecule has 0 saturated heterocycles. The summed E-state index contributed by atoms with van der Waals surface area (Å²) in [5.41, 5.74) is 4.41. The van der Waals surface area contributed by atoms with Crippen LogP contribution in [0.15, 0.2) is 72.9 Å². The molecule has 2 N–H and O–H groups in total. The van der Waals surface area contributed by atoms with Crippen LogP contribution in [-0.2, 0) is 19.1 Å². The second kappa shape index (κ2) is 18.0. The first-order valence-corrected chi connectivity index (χ1v) is 15.3. The SMILES string of the molecule is C=C(CO)C(=O)OCCOc1cc(OCCOC(=O)C(=C)CO)cc(-c2ccc(C3CCC(CC/C=C/C)CC3)cc2C)c1. The summed E-state index contributed by atoms with van der Waals surface area (Å²) in [4.78, 5) is 23.5. The van der Waals surface area contributed by atoms with E-state index in [-0.39, 0.29) is 37.6 Å². The highest BCUT2D eigenvalue weighted by Gasteiger charge is 2.22. The molecule has 0 aliphatic heterocycles. The number of hydrogen-bond acceptors (Lipinski definition) is 8. The van der Waals surface area contributed by atoms with Gasteiger partial charge in [-0.25, -0.2) is 9.59 Å². The highest BCUT2D eigenvalue weighted by atomic mass is 16.6. The topological polar surface area (TPSA) is 112 Å². The van der Waals surface area contributed by atoms with E-state index >= 15 is 0 Å². The van der Waals surface area contributed by atoms with Crippen LogP contribution in [0.5, 0.6) is 11.5 Å². The van der Waals surface area contributed by atoms with Crippen LogP contribution in [0.1, 0.15) is 62.5 Å². The Balaban J connectivity index is 1.71. The molecule has 0 spiro atoms.